The van der Waals surface area contributed by atoms with E-state index in [-0.39, 0.29) is 11.7 Å². The van der Waals surface area contributed by atoms with E-state index >= 15 is 0 Å². The SMILES string of the molecule is O=C(c1cnc(-c2ccccn2)s1)N1CCC(Cc2ccc(F)cc2)C1. The molecule has 1 aliphatic rings. The van der Waals surface area contributed by atoms with Crippen molar-refractivity contribution in [3.63, 3.8) is 0 Å². The molecule has 3 heterocycles. The number of hydrogen-bond acceptors (Lipinski definition) is 4. The standard InChI is InChI=1S/C20H18FN3OS/c21-16-6-4-14(5-7-16)11-15-8-10-24(13-15)20(25)18-12-23-19(26-18)17-3-1-2-9-22-17/h1-7,9,12,15H,8,10-11,13H2. The monoisotopic (exact) mass is 367 g/mol. The quantitative estimate of drug-likeness (QED) is 0.699. The highest BCUT2D eigenvalue weighted by molar-refractivity contribution is 7.16. The number of nitrogens with zero attached hydrogens (tertiary/aromatic N) is 3. The van der Waals surface area contributed by atoms with Gasteiger partial charge in [0.15, 0.2) is 0 Å². The van der Waals surface area contributed by atoms with E-state index in [0.717, 1.165) is 42.2 Å². The molecular formula is C20H18FN3OS. The van der Waals surface area contributed by atoms with E-state index in [0.29, 0.717) is 10.8 Å². The Hall–Kier alpha value is -2.60. The van der Waals surface area contributed by atoms with Crippen LogP contribution in [0.3, 0.4) is 0 Å². The Balaban J connectivity index is 1.40. The molecule has 1 amide bonds. The molecule has 1 fully saturated rings. The maximum Gasteiger partial charge on any atom is 0.265 e. The first-order chi connectivity index (χ1) is 12.7. The molecule has 0 N–H and O–H groups in total. The van der Waals surface area contributed by atoms with Gasteiger partial charge in [0.05, 0.1) is 11.9 Å². The normalized spacial score (nSPS) is 16.8. The summed E-state index contributed by atoms with van der Waals surface area (Å²) >= 11 is 1.38. The van der Waals surface area contributed by atoms with Gasteiger partial charge in [0.25, 0.3) is 5.91 Å². The zero-order valence-electron chi connectivity index (χ0n) is 14.1. The first-order valence-electron chi connectivity index (χ1n) is 8.60. The van der Waals surface area contributed by atoms with Gasteiger partial charge in [-0.2, -0.15) is 0 Å². The summed E-state index contributed by atoms with van der Waals surface area (Å²) < 4.78 is 13.0. The van der Waals surface area contributed by atoms with Crippen LogP contribution in [0.2, 0.25) is 0 Å². The molecule has 0 saturated carbocycles. The Morgan fingerprint density at radius 1 is 1.19 bits per heavy atom. The van der Waals surface area contributed by atoms with E-state index in [1.54, 1.807) is 12.4 Å². The number of thiazole rings is 1. The van der Waals surface area contributed by atoms with Gasteiger partial charge in [-0.05, 0) is 48.6 Å². The highest BCUT2D eigenvalue weighted by Crippen LogP contribution is 2.27. The van der Waals surface area contributed by atoms with Crippen LogP contribution in [0.5, 0.6) is 0 Å². The third kappa shape index (κ3) is 3.65. The summed E-state index contributed by atoms with van der Waals surface area (Å²) in [5.74, 6) is 0.227. The first kappa shape index (κ1) is 16.8. The maximum absolute atomic E-state index is 13.0. The number of carbonyl (C=O) groups is 1. The molecule has 132 valence electrons. The number of pyridine rings is 1. The van der Waals surface area contributed by atoms with Crippen molar-refractivity contribution in [3.05, 3.63) is 71.1 Å². The Morgan fingerprint density at radius 2 is 2.04 bits per heavy atom. The fourth-order valence-electron chi connectivity index (χ4n) is 3.27. The third-order valence-corrected chi connectivity index (χ3v) is 5.62. The van der Waals surface area contributed by atoms with Crippen molar-refractivity contribution >= 4 is 17.2 Å². The van der Waals surface area contributed by atoms with Crippen LogP contribution in [0.4, 0.5) is 4.39 Å². The summed E-state index contributed by atoms with van der Waals surface area (Å²) in [4.78, 5) is 23.9. The van der Waals surface area contributed by atoms with Gasteiger partial charge in [-0.15, -0.1) is 11.3 Å². The lowest BCUT2D eigenvalue weighted by molar-refractivity contribution is 0.0791. The van der Waals surface area contributed by atoms with Crippen LogP contribution < -0.4 is 0 Å². The predicted molar refractivity (Wildman–Crippen MR) is 99.5 cm³/mol. The fourth-order valence-corrected chi connectivity index (χ4v) is 4.13. The van der Waals surface area contributed by atoms with Gasteiger partial charge in [-0.1, -0.05) is 18.2 Å². The second-order valence-electron chi connectivity index (χ2n) is 6.48. The molecule has 0 radical (unpaired) electrons. The average molecular weight is 367 g/mol. The van der Waals surface area contributed by atoms with Crippen LogP contribution in [0.15, 0.2) is 54.9 Å². The molecule has 3 aromatic rings. The topological polar surface area (TPSA) is 46.1 Å². The molecule has 2 aromatic heterocycles. The molecule has 4 nitrogen and oxygen atoms in total. The number of aromatic nitrogens is 2. The second kappa shape index (κ2) is 7.33. The lowest BCUT2D eigenvalue weighted by atomic mass is 9.99. The zero-order valence-corrected chi connectivity index (χ0v) is 15.0. The molecule has 26 heavy (non-hydrogen) atoms. The minimum Gasteiger partial charge on any atom is -0.338 e. The van der Waals surface area contributed by atoms with Crippen LogP contribution in [0, 0.1) is 11.7 Å². The van der Waals surface area contributed by atoms with E-state index in [9.17, 15) is 9.18 Å². The smallest absolute Gasteiger partial charge is 0.265 e. The lowest BCUT2D eigenvalue weighted by Crippen LogP contribution is -2.28. The van der Waals surface area contributed by atoms with Crippen LogP contribution in [-0.4, -0.2) is 33.9 Å². The summed E-state index contributed by atoms with van der Waals surface area (Å²) in [6.07, 6.45) is 5.20. The summed E-state index contributed by atoms with van der Waals surface area (Å²) in [5.41, 5.74) is 1.90. The van der Waals surface area contributed by atoms with E-state index < -0.39 is 0 Å². The number of likely N-dealkylation sites (tertiary alicyclic amines) is 1. The molecule has 0 bridgehead atoms. The van der Waals surface area contributed by atoms with Crippen LogP contribution in [0.25, 0.3) is 10.7 Å². The predicted octanol–water partition coefficient (Wildman–Crippen LogP) is 4.05. The summed E-state index contributed by atoms with van der Waals surface area (Å²) in [6, 6.07) is 12.3. The van der Waals surface area contributed by atoms with Gasteiger partial charge in [-0.3, -0.25) is 9.78 Å². The minimum absolute atomic E-state index is 0.0336. The highest BCUT2D eigenvalue weighted by Gasteiger charge is 2.28. The molecule has 1 aliphatic heterocycles. The lowest BCUT2D eigenvalue weighted by Gasteiger charge is -2.15. The minimum atomic E-state index is -0.217. The van der Waals surface area contributed by atoms with Crippen molar-refractivity contribution in [2.75, 3.05) is 13.1 Å². The molecule has 1 unspecified atom stereocenters. The van der Waals surface area contributed by atoms with Crippen molar-refractivity contribution in [1.82, 2.24) is 14.9 Å². The number of benzene rings is 1. The van der Waals surface area contributed by atoms with E-state index in [1.807, 2.05) is 35.2 Å². The fraction of sp³-hybridized carbons (Fsp3) is 0.250. The van der Waals surface area contributed by atoms with E-state index in [1.165, 1.54) is 23.5 Å². The Kier molecular flexibility index (Phi) is 4.75. The molecular weight excluding hydrogens is 349 g/mol. The van der Waals surface area contributed by atoms with Gasteiger partial charge in [0, 0.05) is 19.3 Å². The van der Waals surface area contributed by atoms with Crippen molar-refractivity contribution in [3.8, 4) is 10.7 Å². The Labute approximate surface area is 155 Å². The molecule has 6 heteroatoms. The molecule has 1 saturated heterocycles. The van der Waals surface area contributed by atoms with Crippen molar-refractivity contribution < 1.29 is 9.18 Å². The van der Waals surface area contributed by atoms with E-state index in [2.05, 4.69) is 9.97 Å². The van der Waals surface area contributed by atoms with Crippen LogP contribution in [-0.2, 0) is 6.42 Å². The molecule has 0 aliphatic carbocycles. The number of halogens is 1. The maximum atomic E-state index is 13.0. The second-order valence-corrected chi connectivity index (χ2v) is 7.51. The number of hydrogen-bond donors (Lipinski definition) is 0. The van der Waals surface area contributed by atoms with Gasteiger partial charge < -0.3 is 4.90 Å². The molecule has 0 spiro atoms. The Morgan fingerprint density at radius 3 is 2.81 bits per heavy atom. The van der Waals surface area contributed by atoms with Crippen LogP contribution >= 0.6 is 11.3 Å². The molecule has 4 rings (SSSR count). The van der Waals surface area contributed by atoms with E-state index in [4.69, 9.17) is 0 Å². The van der Waals surface area contributed by atoms with Gasteiger partial charge in [-0.25, -0.2) is 9.37 Å². The molecule has 1 aromatic carbocycles. The largest absolute Gasteiger partial charge is 0.338 e. The average Bonchev–Trinajstić information content (AvgIpc) is 3.34. The summed E-state index contributed by atoms with van der Waals surface area (Å²) in [7, 11) is 0. The summed E-state index contributed by atoms with van der Waals surface area (Å²) in [6.45, 7) is 1.48. The Bertz CT molecular complexity index is 895. The zero-order chi connectivity index (χ0) is 17.9. The van der Waals surface area contributed by atoms with Crippen molar-refractivity contribution in [2.24, 2.45) is 5.92 Å². The van der Waals surface area contributed by atoms with Gasteiger partial charge in [0.1, 0.15) is 15.7 Å². The highest BCUT2D eigenvalue weighted by atomic mass is 32.1. The first-order valence-corrected chi connectivity index (χ1v) is 9.41. The number of carbonyl (C=O) groups excluding carboxylic acids is 1. The van der Waals surface area contributed by atoms with Crippen LogP contribution in [0.1, 0.15) is 21.7 Å². The number of rotatable bonds is 4. The third-order valence-electron chi connectivity index (χ3n) is 4.61. The van der Waals surface area contributed by atoms with Gasteiger partial charge in [0.2, 0.25) is 0 Å². The van der Waals surface area contributed by atoms with Gasteiger partial charge >= 0.3 is 0 Å². The van der Waals surface area contributed by atoms with Crippen molar-refractivity contribution in [2.45, 2.75) is 12.8 Å². The number of amides is 1. The summed E-state index contributed by atoms with van der Waals surface area (Å²) in [5, 5.41) is 0.760. The molecule has 1 atom stereocenters. The van der Waals surface area contributed by atoms with Crippen molar-refractivity contribution in [1.29, 1.82) is 0 Å².